The minimum absolute atomic E-state index is 0.179. The number of aromatic nitrogens is 3. The normalized spacial score (nSPS) is 15.1. The van der Waals surface area contributed by atoms with Gasteiger partial charge < -0.3 is 4.90 Å². The molecule has 0 amide bonds. The number of aromatic amines is 1. The smallest absolute Gasteiger partial charge is 0.262 e. The van der Waals surface area contributed by atoms with Crippen molar-refractivity contribution in [2.24, 2.45) is 0 Å². The van der Waals surface area contributed by atoms with Crippen LogP contribution in [0.15, 0.2) is 95.9 Å². The van der Waals surface area contributed by atoms with Gasteiger partial charge in [0.15, 0.2) is 5.65 Å². The van der Waals surface area contributed by atoms with Gasteiger partial charge >= 0.3 is 0 Å². The van der Waals surface area contributed by atoms with Gasteiger partial charge in [0, 0.05) is 17.9 Å². The van der Waals surface area contributed by atoms with Gasteiger partial charge in [0.1, 0.15) is 0 Å². The first kappa shape index (κ1) is 19.4. The molecule has 3 heterocycles. The van der Waals surface area contributed by atoms with Gasteiger partial charge in [-0.05, 0) is 53.3 Å². The third-order valence-corrected chi connectivity index (χ3v) is 6.33. The average Bonchev–Trinajstić information content (AvgIpc) is 3.20. The Balaban J connectivity index is 1.44. The molecular weight excluding hydrogens is 408 g/mol. The zero-order valence-electron chi connectivity index (χ0n) is 18.2. The zero-order valence-corrected chi connectivity index (χ0v) is 18.2. The molecule has 1 atom stereocenters. The summed E-state index contributed by atoms with van der Waals surface area (Å²) in [4.78, 5) is 27.6. The fourth-order valence-electron chi connectivity index (χ4n) is 4.77. The maximum absolute atomic E-state index is 13.3. The largest absolute Gasteiger partial charge is 0.309 e. The molecule has 6 rings (SSSR count). The number of anilines is 2. The first-order valence-electron chi connectivity index (χ1n) is 11.1. The van der Waals surface area contributed by atoms with Crippen LogP contribution in [0.25, 0.3) is 33.3 Å². The highest BCUT2D eigenvalue weighted by Crippen LogP contribution is 2.36. The van der Waals surface area contributed by atoms with Crippen molar-refractivity contribution in [3.05, 3.63) is 107 Å². The van der Waals surface area contributed by atoms with Crippen molar-refractivity contribution in [2.45, 2.75) is 19.4 Å². The van der Waals surface area contributed by atoms with Gasteiger partial charge in [-0.3, -0.25) is 9.78 Å². The van der Waals surface area contributed by atoms with Crippen LogP contribution in [-0.4, -0.2) is 21.0 Å². The maximum atomic E-state index is 13.3. The van der Waals surface area contributed by atoms with Crippen molar-refractivity contribution in [3.8, 4) is 22.3 Å². The highest BCUT2D eigenvalue weighted by molar-refractivity contribution is 5.92. The van der Waals surface area contributed by atoms with E-state index in [1.165, 1.54) is 5.56 Å². The highest BCUT2D eigenvalue weighted by atomic mass is 16.1. The summed E-state index contributed by atoms with van der Waals surface area (Å²) < 4.78 is 0. The quantitative estimate of drug-likeness (QED) is 0.397. The second-order valence-corrected chi connectivity index (χ2v) is 8.44. The summed E-state index contributed by atoms with van der Waals surface area (Å²) in [6.45, 7) is 2.14. The second kappa shape index (κ2) is 7.71. The van der Waals surface area contributed by atoms with E-state index in [4.69, 9.17) is 4.98 Å². The molecule has 5 nitrogen and oxygen atoms in total. The van der Waals surface area contributed by atoms with Crippen molar-refractivity contribution >= 4 is 22.7 Å². The van der Waals surface area contributed by atoms with Crippen LogP contribution in [-0.2, 0) is 6.42 Å². The summed E-state index contributed by atoms with van der Waals surface area (Å²) in [7, 11) is 0. The minimum atomic E-state index is -0.179. The topological polar surface area (TPSA) is 61.9 Å². The van der Waals surface area contributed by atoms with Crippen molar-refractivity contribution in [2.75, 3.05) is 4.90 Å². The predicted molar refractivity (Wildman–Crippen MR) is 133 cm³/mol. The van der Waals surface area contributed by atoms with Gasteiger partial charge in [0.2, 0.25) is 5.95 Å². The van der Waals surface area contributed by atoms with Crippen LogP contribution in [0.3, 0.4) is 0 Å². The molecule has 0 saturated heterocycles. The lowest BCUT2D eigenvalue weighted by atomic mass is 9.99. The average molecular weight is 431 g/mol. The lowest BCUT2D eigenvalue weighted by Crippen LogP contribution is -2.28. The fraction of sp³-hybridized carbons (Fsp3) is 0.107. The van der Waals surface area contributed by atoms with Crippen molar-refractivity contribution < 1.29 is 0 Å². The first-order valence-corrected chi connectivity index (χ1v) is 11.1. The molecule has 0 fully saturated rings. The highest BCUT2D eigenvalue weighted by Gasteiger charge is 2.29. The zero-order chi connectivity index (χ0) is 22.4. The third kappa shape index (κ3) is 3.29. The van der Waals surface area contributed by atoms with E-state index in [0.717, 1.165) is 34.4 Å². The van der Waals surface area contributed by atoms with Crippen LogP contribution in [0.4, 0.5) is 11.6 Å². The number of pyridine rings is 1. The van der Waals surface area contributed by atoms with E-state index in [9.17, 15) is 4.79 Å². The third-order valence-electron chi connectivity index (χ3n) is 6.33. The van der Waals surface area contributed by atoms with E-state index < -0.39 is 0 Å². The van der Waals surface area contributed by atoms with Crippen molar-refractivity contribution in [1.82, 2.24) is 15.0 Å². The monoisotopic (exact) mass is 430 g/mol. The van der Waals surface area contributed by atoms with E-state index in [1.54, 1.807) is 6.20 Å². The molecule has 0 radical (unpaired) electrons. The van der Waals surface area contributed by atoms with Gasteiger partial charge in [0.25, 0.3) is 5.56 Å². The Kier molecular flexibility index (Phi) is 4.54. The summed E-state index contributed by atoms with van der Waals surface area (Å²) in [5, 5.41) is 0.508. The molecule has 33 heavy (non-hydrogen) atoms. The Morgan fingerprint density at radius 3 is 2.36 bits per heavy atom. The number of rotatable bonds is 3. The van der Waals surface area contributed by atoms with Gasteiger partial charge in [-0.15, -0.1) is 0 Å². The molecule has 1 N–H and O–H groups in total. The van der Waals surface area contributed by atoms with E-state index >= 15 is 0 Å². The van der Waals surface area contributed by atoms with Crippen LogP contribution in [0.5, 0.6) is 0 Å². The maximum Gasteiger partial charge on any atom is 0.262 e. The minimum Gasteiger partial charge on any atom is -0.309 e. The number of para-hydroxylation sites is 1. The van der Waals surface area contributed by atoms with Crippen LogP contribution >= 0.6 is 0 Å². The van der Waals surface area contributed by atoms with Gasteiger partial charge in [-0.1, -0.05) is 72.8 Å². The van der Waals surface area contributed by atoms with E-state index in [-0.39, 0.29) is 11.6 Å². The number of benzene rings is 3. The molecule has 5 aromatic rings. The van der Waals surface area contributed by atoms with E-state index in [1.807, 2.05) is 48.5 Å². The molecule has 1 aliphatic heterocycles. The Labute approximate surface area is 191 Å². The molecule has 5 heteroatoms. The summed E-state index contributed by atoms with van der Waals surface area (Å²) in [6.07, 6.45) is 2.64. The Morgan fingerprint density at radius 1 is 0.848 bits per heavy atom. The summed E-state index contributed by atoms with van der Waals surface area (Å²) in [6, 6.07) is 28.8. The van der Waals surface area contributed by atoms with Crippen molar-refractivity contribution in [1.29, 1.82) is 0 Å². The number of fused-ring (bicyclic) bond motifs is 2. The van der Waals surface area contributed by atoms with Gasteiger partial charge in [-0.2, -0.15) is 4.98 Å². The second-order valence-electron chi connectivity index (χ2n) is 8.44. The molecule has 0 saturated carbocycles. The fourth-order valence-corrected chi connectivity index (χ4v) is 4.77. The molecule has 3 aromatic carbocycles. The molecular formula is C28H22N4O. The van der Waals surface area contributed by atoms with Crippen LogP contribution in [0.1, 0.15) is 12.5 Å². The Morgan fingerprint density at radius 2 is 1.55 bits per heavy atom. The molecule has 1 unspecified atom stereocenters. The molecule has 0 bridgehead atoms. The predicted octanol–water partition coefficient (Wildman–Crippen LogP) is 5.73. The molecule has 160 valence electrons. The number of nitrogens with one attached hydrogen (secondary N) is 1. The van der Waals surface area contributed by atoms with Crippen molar-refractivity contribution in [3.63, 3.8) is 0 Å². The molecule has 1 aliphatic rings. The number of hydrogen-bond donors (Lipinski definition) is 1. The van der Waals surface area contributed by atoms with Crippen LogP contribution in [0, 0.1) is 0 Å². The number of H-pyrrole nitrogens is 1. The summed E-state index contributed by atoms with van der Waals surface area (Å²) in [5.41, 5.74) is 6.70. The summed E-state index contributed by atoms with van der Waals surface area (Å²) in [5.74, 6) is 0.536. The number of hydrogen-bond acceptors (Lipinski definition) is 4. The Hall–Kier alpha value is -4.25. The van der Waals surface area contributed by atoms with E-state index in [2.05, 4.69) is 58.2 Å². The Bertz CT molecular complexity index is 1520. The summed E-state index contributed by atoms with van der Waals surface area (Å²) >= 11 is 0. The SMILES string of the molecule is CC1Cc2ccccc2N1c1nc2nccc(-c3ccc(-c4ccccc4)cc3)c2c(=O)[nH]1. The number of nitrogens with zero attached hydrogens (tertiary/aromatic N) is 3. The molecule has 2 aromatic heterocycles. The standard InChI is InChI=1S/C28H22N4O/c1-18-17-22-9-5-6-10-24(22)32(18)28-30-26-25(27(33)31-28)23(15-16-29-26)21-13-11-20(12-14-21)19-7-3-2-4-8-19/h2-16,18H,17H2,1H3,(H,29,30,31,33). The van der Waals surface area contributed by atoms with Crippen LogP contribution < -0.4 is 10.5 Å². The molecule has 0 spiro atoms. The van der Waals surface area contributed by atoms with Crippen LogP contribution in [0.2, 0.25) is 0 Å². The van der Waals surface area contributed by atoms with E-state index in [0.29, 0.717) is 17.0 Å². The van der Waals surface area contributed by atoms with Gasteiger partial charge in [0.05, 0.1) is 5.39 Å². The van der Waals surface area contributed by atoms with Gasteiger partial charge in [-0.25, -0.2) is 4.98 Å². The lowest BCUT2D eigenvalue weighted by molar-refractivity contribution is 0.740. The molecule has 0 aliphatic carbocycles. The lowest BCUT2D eigenvalue weighted by Gasteiger charge is -2.23. The first-order chi connectivity index (χ1) is 16.2.